The van der Waals surface area contributed by atoms with E-state index in [2.05, 4.69) is 10.2 Å². The number of halogens is 1. The predicted octanol–water partition coefficient (Wildman–Crippen LogP) is 3.34. The highest BCUT2D eigenvalue weighted by atomic mass is 32.2. The van der Waals surface area contributed by atoms with Gasteiger partial charge in [-0.15, -0.1) is 22.0 Å². The van der Waals surface area contributed by atoms with Crippen molar-refractivity contribution in [3.05, 3.63) is 48.3 Å². The van der Waals surface area contributed by atoms with E-state index < -0.39 is 0 Å². The average Bonchev–Trinajstić information content (AvgIpc) is 3.06. The van der Waals surface area contributed by atoms with Gasteiger partial charge in [0.15, 0.2) is 5.76 Å². The maximum Gasteiger partial charge on any atom is 0.283 e. The average molecular weight is 291 g/mol. The first-order valence-electron chi connectivity index (χ1n) is 5.76. The minimum absolute atomic E-state index is 0.323. The third kappa shape index (κ3) is 2.83. The van der Waals surface area contributed by atoms with E-state index in [4.69, 9.17) is 14.6 Å². The highest BCUT2D eigenvalue weighted by molar-refractivity contribution is 7.98. The molecule has 2 heterocycles. The van der Waals surface area contributed by atoms with E-state index in [1.54, 1.807) is 18.2 Å². The van der Waals surface area contributed by atoms with Gasteiger partial charge < -0.3 is 14.6 Å². The van der Waals surface area contributed by atoms with Gasteiger partial charge in [0.2, 0.25) is 5.89 Å². The topological polar surface area (TPSA) is 78.1 Å². The number of nitrogens with zero attached hydrogens (tertiary/aromatic N) is 2. The minimum atomic E-state index is -0.366. The molecule has 1 aromatic carbocycles. The van der Waals surface area contributed by atoms with Gasteiger partial charge in [-0.25, -0.2) is 4.39 Å². The second-order valence-corrected chi connectivity index (χ2v) is 5.04. The number of hydrogen-bond acceptors (Lipinski definition) is 6. The lowest BCUT2D eigenvalue weighted by Crippen LogP contribution is -1.88. The molecule has 3 rings (SSSR count). The first kappa shape index (κ1) is 12.7. The van der Waals surface area contributed by atoms with Crippen LogP contribution in [0.4, 0.5) is 10.1 Å². The molecule has 0 unspecified atom stereocenters. The van der Waals surface area contributed by atoms with Gasteiger partial charge >= 0.3 is 0 Å². The van der Waals surface area contributed by atoms with E-state index in [1.165, 1.54) is 30.2 Å². The number of rotatable bonds is 4. The Kier molecular flexibility index (Phi) is 3.42. The van der Waals surface area contributed by atoms with Gasteiger partial charge in [0.05, 0.1) is 12.0 Å². The van der Waals surface area contributed by atoms with Crippen molar-refractivity contribution in [1.29, 1.82) is 0 Å². The summed E-state index contributed by atoms with van der Waals surface area (Å²) in [6.45, 7) is 0. The van der Waals surface area contributed by atoms with Gasteiger partial charge in [0.1, 0.15) is 5.82 Å². The van der Waals surface area contributed by atoms with Crippen LogP contribution in [0.3, 0.4) is 0 Å². The third-order valence-electron chi connectivity index (χ3n) is 2.45. The molecule has 0 radical (unpaired) electrons. The molecule has 20 heavy (non-hydrogen) atoms. The monoisotopic (exact) mass is 291 g/mol. The van der Waals surface area contributed by atoms with E-state index in [1.807, 2.05) is 0 Å². The van der Waals surface area contributed by atoms with Crippen LogP contribution >= 0.6 is 11.8 Å². The predicted molar refractivity (Wildman–Crippen MR) is 72.4 cm³/mol. The number of nitrogens with two attached hydrogens (primary N) is 1. The summed E-state index contributed by atoms with van der Waals surface area (Å²) in [5.74, 6) is 1.34. The lowest BCUT2D eigenvalue weighted by molar-refractivity contribution is 0.494. The second-order valence-electron chi connectivity index (χ2n) is 3.99. The van der Waals surface area contributed by atoms with Crippen LogP contribution in [0.5, 0.6) is 0 Å². The van der Waals surface area contributed by atoms with E-state index in [-0.39, 0.29) is 5.82 Å². The van der Waals surface area contributed by atoms with Gasteiger partial charge in [-0.2, -0.15) is 0 Å². The Bertz CT molecular complexity index is 692. The van der Waals surface area contributed by atoms with E-state index in [9.17, 15) is 4.39 Å². The van der Waals surface area contributed by atoms with Crippen molar-refractivity contribution in [3.8, 4) is 11.7 Å². The zero-order valence-corrected chi connectivity index (χ0v) is 11.1. The van der Waals surface area contributed by atoms with E-state index in [0.29, 0.717) is 33.9 Å². The van der Waals surface area contributed by atoms with Crippen molar-refractivity contribution < 1.29 is 13.2 Å². The van der Waals surface area contributed by atoms with Crippen molar-refractivity contribution in [2.24, 2.45) is 0 Å². The normalized spacial score (nSPS) is 10.8. The fourth-order valence-electron chi connectivity index (χ4n) is 1.62. The van der Waals surface area contributed by atoms with Crippen molar-refractivity contribution in [2.45, 2.75) is 10.6 Å². The SMILES string of the molecule is Nc1cc(F)cc(SCc2nnc(-c3ccco3)o2)c1. The Morgan fingerprint density at radius 1 is 1.25 bits per heavy atom. The summed E-state index contributed by atoms with van der Waals surface area (Å²) < 4.78 is 23.8. The molecule has 102 valence electrons. The number of benzene rings is 1. The third-order valence-corrected chi connectivity index (χ3v) is 3.42. The molecule has 7 heteroatoms. The lowest BCUT2D eigenvalue weighted by atomic mass is 10.3. The molecule has 0 aliphatic rings. The fourth-order valence-corrected chi connectivity index (χ4v) is 2.45. The van der Waals surface area contributed by atoms with Crippen molar-refractivity contribution in [3.63, 3.8) is 0 Å². The molecule has 0 amide bonds. The first-order chi connectivity index (χ1) is 9.70. The molecule has 0 saturated heterocycles. The molecular formula is C13H10FN3O2S. The molecule has 0 aliphatic heterocycles. The van der Waals surface area contributed by atoms with Gasteiger partial charge in [0, 0.05) is 10.6 Å². The van der Waals surface area contributed by atoms with Gasteiger partial charge in [-0.3, -0.25) is 0 Å². The highest BCUT2D eigenvalue weighted by Crippen LogP contribution is 2.26. The smallest absolute Gasteiger partial charge is 0.283 e. The molecule has 2 N–H and O–H groups in total. The van der Waals surface area contributed by atoms with Crippen LogP contribution in [0.25, 0.3) is 11.7 Å². The highest BCUT2D eigenvalue weighted by Gasteiger charge is 2.11. The Hall–Kier alpha value is -2.28. The van der Waals surface area contributed by atoms with Crippen LogP contribution in [-0.2, 0) is 5.75 Å². The van der Waals surface area contributed by atoms with Crippen LogP contribution in [0.15, 0.2) is 50.3 Å². The Labute approximate surface area is 118 Å². The Morgan fingerprint density at radius 2 is 2.15 bits per heavy atom. The standard InChI is InChI=1S/C13H10FN3O2S/c14-8-4-9(15)6-10(5-8)20-7-12-16-17-13(19-12)11-2-1-3-18-11/h1-6H,7,15H2. The lowest BCUT2D eigenvalue weighted by Gasteiger charge is -2.00. The Balaban J connectivity index is 1.69. The van der Waals surface area contributed by atoms with Crippen molar-refractivity contribution in [1.82, 2.24) is 10.2 Å². The molecular weight excluding hydrogens is 281 g/mol. The number of thioether (sulfide) groups is 1. The molecule has 0 atom stereocenters. The van der Waals surface area contributed by atoms with Crippen LogP contribution in [0.2, 0.25) is 0 Å². The summed E-state index contributed by atoms with van der Waals surface area (Å²) in [7, 11) is 0. The molecule has 2 aromatic heterocycles. The fraction of sp³-hybridized carbons (Fsp3) is 0.0769. The van der Waals surface area contributed by atoms with Crippen LogP contribution in [0.1, 0.15) is 5.89 Å². The largest absolute Gasteiger partial charge is 0.459 e. The summed E-state index contributed by atoms with van der Waals surface area (Å²) in [6.07, 6.45) is 1.53. The zero-order chi connectivity index (χ0) is 13.9. The molecule has 0 fully saturated rings. The molecule has 3 aromatic rings. The van der Waals surface area contributed by atoms with Gasteiger partial charge in [0.25, 0.3) is 5.89 Å². The second kappa shape index (κ2) is 5.38. The van der Waals surface area contributed by atoms with E-state index >= 15 is 0 Å². The number of hydrogen-bond donors (Lipinski definition) is 1. The molecule has 0 saturated carbocycles. The van der Waals surface area contributed by atoms with E-state index in [0.717, 1.165) is 0 Å². The van der Waals surface area contributed by atoms with Crippen LogP contribution in [-0.4, -0.2) is 10.2 Å². The number of furan rings is 1. The summed E-state index contributed by atoms with van der Waals surface area (Å²) in [5.41, 5.74) is 5.96. The number of nitrogen functional groups attached to an aromatic ring is 1. The summed E-state index contributed by atoms with van der Waals surface area (Å²) >= 11 is 1.37. The molecule has 5 nitrogen and oxygen atoms in total. The maximum absolute atomic E-state index is 13.2. The van der Waals surface area contributed by atoms with Crippen LogP contribution < -0.4 is 5.73 Å². The summed E-state index contributed by atoms with van der Waals surface area (Å²) in [6, 6.07) is 7.84. The molecule has 0 bridgehead atoms. The van der Waals surface area contributed by atoms with Crippen molar-refractivity contribution >= 4 is 17.4 Å². The molecule has 0 spiro atoms. The maximum atomic E-state index is 13.2. The van der Waals surface area contributed by atoms with Crippen molar-refractivity contribution in [2.75, 3.05) is 5.73 Å². The zero-order valence-electron chi connectivity index (χ0n) is 10.2. The summed E-state index contributed by atoms with van der Waals surface area (Å²) in [4.78, 5) is 0.709. The Morgan fingerprint density at radius 3 is 2.90 bits per heavy atom. The number of aromatic nitrogens is 2. The summed E-state index contributed by atoms with van der Waals surface area (Å²) in [5, 5.41) is 7.79. The van der Waals surface area contributed by atoms with Gasteiger partial charge in [-0.1, -0.05) is 0 Å². The van der Waals surface area contributed by atoms with Gasteiger partial charge in [-0.05, 0) is 30.3 Å². The molecule has 0 aliphatic carbocycles. The number of anilines is 1. The quantitative estimate of drug-likeness (QED) is 0.586. The minimum Gasteiger partial charge on any atom is -0.459 e. The van der Waals surface area contributed by atoms with Crippen LogP contribution in [0, 0.1) is 5.82 Å². The first-order valence-corrected chi connectivity index (χ1v) is 6.74.